The van der Waals surface area contributed by atoms with Gasteiger partial charge in [0.25, 0.3) is 5.79 Å². The quantitative estimate of drug-likeness (QED) is 0.0305. The van der Waals surface area contributed by atoms with E-state index < -0.39 is 148 Å². The molecule has 3 rings (SSSR count). The van der Waals surface area contributed by atoms with Gasteiger partial charge in [-0.1, -0.05) is 232 Å². The number of aliphatic hydroxyl groups excluding tert-OH is 11. The van der Waals surface area contributed by atoms with Gasteiger partial charge in [0.1, 0.15) is 67.1 Å². The number of aliphatic carboxylic acids is 1. The van der Waals surface area contributed by atoms with Gasteiger partial charge < -0.3 is 100 Å². The number of unbranched alkanes of at least 4 members (excludes halogenated alkanes) is 33. The van der Waals surface area contributed by atoms with Gasteiger partial charge in [-0.3, -0.25) is 9.59 Å². The van der Waals surface area contributed by atoms with Crippen LogP contribution in [0.1, 0.15) is 265 Å². The van der Waals surface area contributed by atoms with Gasteiger partial charge in [-0.25, -0.2) is 4.79 Å². The lowest BCUT2D eigenvalue weighted by Crippen LogP contribution is -2.70. The number of carbonyl (C=O) groups excluding carboxylic acids is 2. The standard InChI is InChI=1S/C66H124N2O21/c1-4-6-8-10-12-14-16-18-20-21-22-23-24-25-26-28-30-32-34-36-38-40-53(76)68-47(48(73)39-37-35-33-31-29-27-19-17-15-13-11-9-7-5-2)45-84-63-58(80)57(79)60(52(44-71)86-63)87-64-59(81)62(56(78)51(43-70)85-64)89-66(65(82)83)41-49(74)54(67-46(3)72)61(88-66)55(77)50(75)42-69/h47-52,54-64,69-71,73-75,77-81H,4-45H2,1-3H3,(H,67,72)(H,68,76)(H,82,83). The summed E-state index contributed by atoms with van der Waals surface area (Å²) in [6.07, 6.45) is 13.9. The maximum atomic E-state index is 13.5. The largest absolute Gasteiger partial charge is 0.477 e. The summed E-state index contributed by atoms with van der Waals surface area (Å²) in [5.41, 5.74) is 0. The Morgan fingerprint density at radius 2 is 0.978 bits per heavy atom. The van der Waals surface area contributed by atoms with Crippen molar-refractivity contribution in [3.8, 4) is 0 Å². The Morgan fingerprint density at radius 1 is 0.539 bits per heavy atom. The summed E-state index contributed by atoms with van der Waals surface area (Å²) in [5, 5.41) is 136. The van der Waals surface area contributed by atoms with Crippen LogP contribution in [-0.4, -0.2) is 215 Å². The molecule has 18 unspecified atom stereocenters. The van der Waals surface area contributed by atoms with Crippen LogP contribution < -0.4 is 10.6 Å². The van der Waals surface area contributed by atoms with E-state index in [9.17, 15) is 75.7 Å². The summed E-state index contributed by atoms with van der Waals surface area (Å²) >= 11 is 0. The number of carboxylic acid groups (broad SMARTS) is 1. The second-order valence-electron chi connectivity index (χ2n) is 25.8. The molecule has 0 aliphatic carbocycles. The molecule has 524 valence electrons. The molecule has 3 fully saturated rings. The third-order valence-corrected chi connectivity index (χ3v) is 18.1. The van der Waals surface area contributed by atoms with E-state index in [1.807, 2.05) is 0 Å². The number of nitrogens with one attached hydrogen (secondary N) is 2. The summed E-state index contributed by atoms with van der Waals surface area (Å²) in [6.45, 7) is 2.22. The lowest BCUT2D eigenvalue weighted by molar-refractivity contribution is -0.386. The summed E-state index contributed by atoms with van der Waals surface area (Å²) in [5.74, 6) is -6.09. The highest BCUT2D eigenvalue weighted by Gasteiger charge is 2.60. The van der Waals surface area contributed by atoms with Crippen LogP contribution in [0.4, 0.5) is 0 Å². The number of rotatable bonds is 53. The van der Waals surface area contributed by atoms with Crippen molar-refractivity contribution in [2.24, 2.45) is 0 Å². The number of hydrogen-bond donors (Lipinski definition) is 14. The van der Waals surface area contributed by atoms with Crippen LogP contribution in [0.5, 0.6) is 0 Å². The van der Waals surface area contributed by atoms with E-state index in [4.69, 9.17) is 28.4 Å². The molecule has 23 heteroatoms. The summed E-state index contributed by atoms with van der Waals surface area (Å²) in [7, 11) is 0. The van der Waals surface area contributed by atoms with Gasteiger partial charge in [0.05, 0.1) is 50.7 Å². The highest BCUT2D eigenvalue weighted by atomic mass is 16.8. The van der Waals surface area contributed by atoms with Crippen LogP contribution in [-0.2, 0) is 42.8 Å². The molecule has 3 aliphatic rings. The predicted molar refractivity (Wildman–Crippen MR) is 334 cm³/mol. The third kappa shape index (κ3) is 30.3. The Bertz CT molecular complexity index is 1810. The number of amides is 2. The van der Waals surface area contributed by atoms with Crippen LogP contribution in [0.15, 0.2) is 0 Å². The number of aliphatic hydroxyl groups is 11. The molecule has 3 saturated heterocycles. The van der Waals surface area contributed by atoms with E-state index in [1.54, 1.807) is 0 Å². The van der Waals surface area contributed by atoms with Crippen molar-refractivity contribution < 1.29 is 104 Å². The van der Waals surface area contributed by atoms with E-state index in [2.05, 4.69) is 24.5 Å². The summed E-state index contributed by atoms with van der Waals surface area (Å²) in [6, 6.07) is -2.52. The fourth-order valence-corrected chi connectivity index (χ4v) is 12.5. The summed E-state index contributed by atoms with van der Waals surface area (Å²) < 4.78 is 34.8. The molecule has 3 heterocycles. The minimum atomic E-state index is -3.08. The zero-order chi connectivity index (χ0) is 65.4. The van der Waals surface area contributed by atoms with Gasteiger partial charge in [0, 0.05) is 19.8 Å². The molecule has 18 atom stereocenters. The van der Waals surface area contributed by atoms with Crippen LogP contribution in [0.3, 0.4) is 0 Å². The van der Waals surface area contributed by atoms with Crippen molar-refractivity contribution in [3.63, 3.8) is 0 Å². The second kappa shape index (κ2) is 47.6. The van der Waals surface area contributed by atoms with Gasteiger partial charge in [0.2, 0.25) is 11.8 Å². The smallest absolute Gasteiger partial charge is 0.364 e. The zero-order valence-electron chi connectivity index (χ0n) is 54.6. The van der Waals surface area contributed by atoms with Crippen molar-refractivity contribution >= 4 is 17.8 Å². The summed E-state index contributed by atoms with van der Waals surface area (Å²) in [4.78, 5) is 38.5. The molecule has 0 aromatic heterocycles. The molecular formula is C66H124N2O21. The Morgan fingerprint density at radius 3 is 1.40 bits per heavy atom. The number of carbonyl (C=O) groups is 3. The van der Waals surface area contributed by atoms with Crippen molar-refractivity contribution in [2.75, 3.05) is 26.4 Å². The lowest BCUT2D eigenvalue weighted by atomic mass is 9.88. The van der Waals surface area contributed by atoms with E-state index in [0.29, 0.717) is 19.3 Å². The molecule has 0 radical (unpaired) electrons. The highest BCUT2D eigenvalue weighted by Crippen LogP contribution is 2.39. The molecule has 0 spiro atoms. The Balaban J connectivity index is 1.58. The van der Waals surface area contributed by atoms with Crippen molar-refractivity contribution in [3.05, 3.63) is 0 Å². The van der Waals surface area contributed by atoms with E-state index in [-0.39, 0.29) is 18.9 Å². The fraction of sp³-hybridized carbons (Fsp3) is 0.955. The normalized spacial score (nSPS) is 28.7. The third-order valence-electron chi connectivity index (χ3n) is 18.1. The SMILES string of the molecule is CCCCCCCCCCCCCCCCCCCCCCCC(=O)NC(COC1OC(CO)C(OC2OC(CO)C(O)C(OC3(C(=O)O)CC(O)C(NC(C)=O)C(C(O)C(O)CO)O3)C2O)C(O)C1O)C(O)CCCCCCCCCCCCCCCC. The topological polar surface area (TPSA) is 373 Å². The van der Waals surface area contributed by atoms with E-state index in [1.165, 1.54) is 167 Å². The average Bonchev–Trinajstić information content (AvgIpc) is 0.878. The van der Waals surface area contributed by atoms with Crippen LogP contribution in [0.2, 0.25) is 0 Å². The molecule has 3 aliphatic heterocycles. The molecule has 89 heavy (non-hydrogen) atoms. The maximum Gasteiger partial charge on any atom is 0.364 e. The zero-order valence-corrected chi connectivity index (χ0v) is 54.6. The van der Waals surface area contributed by atoms with E-state index >= 15 is 0 Å². The number of hydrogen-bond acceptors (Lipinski definition) is 20. The Hall–Kier alpha value is -2.27. The lowest BCUT2D eigenvalue weighted by Gasteiger charge is -2.50. The second-order valence-corrected chi connectivity index (χ2v) is 25.8. The van der Waals surface area contributed by atoms with Crippen LogP contribution >= 0.6 is 0 Å². The maximum absolute atomic E-state index is 13.5. The van der Waals surface area contributed by atoms with Crippen molar-refractivity contribution in [1.82, 2.24) is 10.6 Å². The van der Waals surface area contributed by atoms with Crippen molar-refractivity contribution in [2.45, 2.75) is 375 Å². The van der Waals surface area contributed by atoms with E-state index in [0.717, 1.165) is 51.9 Å². The molecule has 2 amide bonds. The molecule has 0 saturated carbocycles. The molecule has 23 nitrogen and oxygen atoms in total. The monoisotopic (exact) mass is 1280 g/mol. The Kier molecular flexibility index (Phi) is 43.3. The molecule has 0 bridgehead atoms. The molecular weight excluding hydrogens is 1160 g/mol. The Labute approximate surface area is 531 Å². The molecule has 0 aromatic rings. The van der Waals surface area contributed by atoms with Crippen LogP contribution in [0.25, 0.3) is 0 Å². The first-order valence-electron chi connectivity index (χ1n) is 34.9. The molecule has 0 aromatic carbocycles. The average molecular weight is 1280 g/mol. The van der Waals surface area contributed by atoms with Crippen LogP contribution in [0, 0.1) is 0 Å². The fourth-order valence-electron chi connectivity index (χ4n) is 12.5. The highest BCUT2D eigenvalue weighted by molar-refractivity contribution is 5.77. The first kappa shape index (κ1) is 81.0. The van der Waals surface area contributed by atoms with Crippen molar-refractivity contribution in [1.29, 1.82) is 0 Å². The first-order valence-corrected chi connectivity index (χ1v) is 34.9. The van der Waals surface area contributed by atoms with Gasteiger partial charge in [-0.2, -0.15) is 0 Å². The first-order chi connectivity index (χ1) is 42.9. The number of ether oxygens (including phenoxy) is 6. The minimum Gasteiger partial charge on any atom is -0.477 e. The predicted octanol–water partition coefficient (Wildman–Crippen LogP) is 6.12. The minimum absolute atomic E-state index is 0.229. The van der Waals surface area contributed by atoms with Gasteiger partial charge in [-0.15, -0.1) is 0 Å². The van der Waals surface area contributed by atoms with Gasteiger partial charge >= 0.3 is 5.97 Å². The molecule has 14 N–H and O–H groups in total. The number of carboxylic acids is 1. The van der Waals surface area contributed by atoms with Gasteiger partial charge in [-0.05, 0) is 12.8 Å². The van der Waals surface area contributed by atoms with Gasteiger partial charge in [0.15, 0.2) is 12.6 Å².